The molecular weight excluding hydrogens is 254 g/mol. The van der Waals surface area contributed by atoms with E-state index < -0.39 is 0 Å². The summed E-state index contributed by atoms with van der Waals surface area (Å²) in [5.41, 5.74) is 0. The van der Waals surface area contributed by atoms with Crippen molar-refractivity contribution in [2.24, 2.45) is 11.8 Å². The van der Waals surface area contributed by atoms with Crippen LogP contribution in [0.1, 0.15) is 46.5 Å². The average Bonchev–Trinajstić information content (AvgIpc) is 2.23. The number of carbonyl (C=O) groups is 1. The first kappa shape index (κ1) is 14.9. The molecule has 90 valence electrons. The van der Waals surface area contributed by atoms with Crippen LogP contribution in [0.25, 0.3) is 0 Å². The zero-order valence-electron chi connectivity index (χ0n) is 10.2. The standard InChI is InChI=1S/C12H24BrNO/c1-4-6-11(3)12(15)14-8-5-7-10(2)9-13/h10-11H,4-9H2,1-3H3,(H,14,15). The third-order valence-electron chi connectivity index (χ3n) is 2.61. The van der Waals surface area contributed by atoms with Crippen LogP contribution in [0.3, 0.4) is 0 Å². The van der Waals surface area contributed by atoms with Crippen LogP contribution < -0.4 is 5.32 Å². The van der Waals surface area contributed by atoms with E-state index in [2.05, 4.69) is 35.1 Å². The number of alkyl halides is 1. The molecule has 0 fully saturated rings. The second-order valence-corrected chi connectivity index (χ2v) is 5.03. The van der Waals surface area contributed by atoms with E-state index in [4.69, 9.17) is 0 Å². The molecule has 1 N–H and O–H groups in total. The highest BCUT2D eigenvalue weighted by molar-refractivity contribution is 9.09. The molecule has 0 aromatic carbocycles. The summed E-state index contributed by atoms with van der Waals surface area (Å²) >= 11 is 3.45. The number of hydrogen-bond acceptors (Lipinski definition) is 1. The van der Waals surface area contributed by atoms with Crippen molar-refractivity contribution in [1.82, 2.24) is 5.32 Å². The van der Waals surface area contributed by atoms with E-state index in [0.717, 1.165) is 31.1 Å². The van der Waals surface area contributed by atoms with Gasteiger partial charge in [-0.1, -0.05) is 43.1 Å². The first-order valence-electron chi connectivity index (χ1n) is 5.95. The quantitative estimate of drug-likeness (QED) is 0.535. The Hall–Kier alpha value is -0.0500. The topological polar surface area (TPSA) is 29.1 Å². The molecule has 0 aromatic rings. The summed E-state index contributed by atoms with van der Waals surface area (Å²) in [6.45, 7) is 7.15. The van der Waals surface area contributed by atoms with Crippen LogP contribution in [0.4, 0.5) is 0 Å². The summed E-state index contributed by atoms with van der Waals surface area (Å²) in [6.07, 6.45) is 4.32. The van der Waals surface area contributed by atoms with Crippen molar-refractivity contribution in [3.05, 3.63) is 0 Å². The van der Waals surface area contributed by atoms with Crippen molar-refractivity contribution in [2.45, 2.75) is 46.5 Å². The Bertz CT molecular complexity index is 173. The van der Waals surface area contributed by atoms with Crippen LogP contribution in [-0.4, -0.2) is 17.8 Å². The van der Waals surface area contributed by atoms with Gasteiger partial charge >= 0.3 is 0 Å². The van der Waals surface area contributed by atoms with Crippen LogP contribution in [0.2, 0.25) is 0 Å². The highest BCUT2D eigenvalue weighted by Crippen LogP contribution is 2.08. The number of halogens is 1. The largest absolute Gasteiger partial charge is 0.356 e. The Morgan fingerprint density at radius 1 is 1.33 bits per heavy atom. The van der Waals surface area contributed by atoms with Crippen molar-refractivity contribution in [3.63, 3.8) is 0 Å². The lowest BCUT2D eigenvalue weighted by atomic mass is 10.1. The SMILES string of the molecule is CCCC(C)C(=O)NCCCC(C)CBr. The van der Waals surface area contributed by atoms with E-state index in [1.165, 1.54) is 6.42 Å². The molecule has 0 spiro atoms. The summed E-state index contributed by atoms with van der Waals surface area (Å²) in [5, 5.41) is 4.04. The predicted octanol–water partition coefficient (Wildman–Crippen LogP) is 3.35. The van der Waals surface area contributed by atoms with Crippen LogP contribution in [0.5, 0.6) is 0 Å². The third kappa shape index (κ3) is 7.83. The molecule has 0 radical (unpaired) electrons. The molecule has 0 rings (SSSR count). The maximum absolute atomic E-state index is 11.5. The zero-order chi connectivity index (χ0) is 11.7. The van der Waals surface area contributed by atoms with E-state index >= 15 is 0 Å². The summed E-state index contributed by atoms with van der Waals surface area (Å²) in [6, 6.07) is 0. The first-order valence-corrected chi connectivity index (χ1v) is 7.07. The Labute approximate surface area is 102 Å². The summed E-state index contributed by atoms with van der Waals surface area (Å²) in [5.74, 6) is 1.09. The molecule has 0 saturated heterocycles. The molecule has 0 aliphatic carbocycles. The van der Waals surface area contributed by atoms with Gasteiger partial charge in [0.05, 0.1) is 0 Å². The van der Waals surface area contributed by atoms with Crippen molar-refractivity contribution < 1.29 is 4.79 Å². The van der Waals surface area contributed by atoms with E-state index in [1.54, 1.807) is 0 Å². The van der Waals surface area contributed by atoms with E-state index in [0.29, 0.717) is 5.92 Å². The van der Waals surface area contributed by atoms with E-state index in [-0.39, 0.29) is 11.8 Å². The lowest BCUT2D eigenvalue weighted by Crippen LogP contribution is -2.30. The number of hydrogen-bond donors (Lipinski definition) is 1. The fraction of sp³-hybridized carbons (Fsp3) is 0.917. The van der Waals surface area contributed by atoms with Crippen LogP contribution in [-0.2, 0) is 4.79 Å². The summed E-state index contributed by atoms with van der Waals surface area (Å²) in [4.78, 5) is 11.5. The maximum Gasteiger partial charge on any atom is 0.222 e. The molecule has 1 amide bonds. The van der Waals surface area contributed by atoms with Gasteiger partial charge in [0, 0.05) is 17.8 Å². The highest BCUT2D eigenvalue weighted by Gasteiger charge is 2.10. The van der Waals surface area contributed by atoms with Gasteiger partial charge in [-0.2, -0.15) is 0 Å². The second kappa shape index (κ2) is 9.20. The fourth-order valence-corrected chi connectivity index (χ4v) is 1.80. The lowest BCUT2D eigenvalue weighted by molar-refractivity contribution is -0.124. The van der Waals surface area contributed by atoms with Crippen LogP contribution in [0, 0.1) is 11.8 Å². The molecule has 0 aromatic heterocycles. The van der Waals surface area contributed by atoms with Gasteiger partial charge in [0.1, 0.15) is 0 Å². The normalized spacial score (nSPS) is 14.7. The first-order chi connectivity index (χ1) is 7.11. The van der Waals surface area contributed by atoms with Gasteiger partial charge in [0.2, 0.25) is 5.91 Å². The van der Waals surface area contributed by atoms with Gasteiger partial charge in [0.15, 0.2) is 0 Å². The second-order valence-electron chi connectivity index (χ2n) is 4.38. The molecule has 2 unspecified atom stereocenters. The molecule has 0 bridgehead atoms. The fourth-order valence-electron chi connectivity index (χ4n) is 1.48. The van der Waals surface area contributed by atoms with E-state index in [1.807, 2.05) is 6.92 Å². The molecule has 3 heteroatoms. The number of carbonyl (C=O) groups excluding carboxylic acids is 1. The number of amides is 1. The van der Waals surface area contributed by atoms with Gasteiger partial charge in [-0.15, -0.1) is 0 Å². The van der Waals surface area contributed by atoms with Crippen molar-refractivity contribution >= 4 is 21.8 Å². The lowest BCUT2D eigenvalue weighted by Gasteiger charge is -2.12. The molecule has 0 saturated carbocycles. The smallest absolute Gasteiger partial charge is 0.222 e. The minimum atomic E-state index is 0.170. The Balaban J connectivity index is 3.46. The van der Waals surface area contributed by atoms with Crippen LogP contribution >= 0.6 is 15.9 Å². The molecule has 0 aliphatic heterocycles. The number of rotatable bonds is 8. The summed E-state index contributed by atoms with van der Waals surface area (Å²) in [7, 11) is 0. The van der Waals surface area contributed by atoms with Gasteiger partial charge < -0.3 is 5.32 Å². The van der Waals surface area contributed by atoms with Gasteiger partial charge in [0.25, 0.3) is 0 Å². The minimum Gasteiger partial charge on any atom is -0.356 e. The van der Waals surface area contributed by atoms with Crippen molar-refractivity contribution in [1.29, 1.82) is 0 Å². The van der Waals surface area contributed by atoms with Crippen molar-refractivity contribution in [3.8, 4) is 0 Å². The van der Waals surface area contributed by atoms with Crippen molar-refractivity contribution in [2.75, 3.05) is 11.9 Å². The number of nitrogens with one attached hydrogen (secondary N) is 1. The Morgan fingerprint density at radius 2 is 2.00 bits per heavy atom. The molecule has 15 heavy (non-hydrogen) atoms. The van der Waals surface area contributed by atoms with Gasteiger partial charge in [-0.3, -0.25) is 4.79 Å². The van der Waals surface area contributed by atoms with Crippen LogP contribution in [0.15, 0.2) is 0 Å². The molecule has 0 aliphatic rings. The summed E-state index contributed by atoms with van der Waals surface area (Å²) < 4.78 is 0. The van der Waals surface area contributed by atoms with Gasteiger partial charge in [-0.25, -0.2) is 0 Å². The Morgan fingerprint density at radius 3 is 2.53 bits per heavy atom. The zero-order valence-corrected chi connectivity index (χ0v) is 11.8. The van der Waals surface area contributed by atoms with Gasteiger partial charge in [-0.05, 0) is 25.2 Å². The molecular formula is C12H24BrNO. The Kier molecular flexibility index (Phi) is 9.17. The molecule has 0 heterocycles. The third-order valence-corrected chi connectivity index (χ3v) is 3.71. The predicted molar refractivity (Wildman–Crippen MR) is 69.3 cm³/mol. The maximum atomic E-state index is 11.5. The van der Waals surface area contributed by atoms with E-state index in [9.17, 15) is 4.79 Å². The highest BCUT2D eigenvalue weighted by atomic mass is 79.9. The minimum absolute atomic E-state index is 0.170. The average molecular weight is 278 g/mol. The molecule has 2 atom stereocenters. The molecule has 2 nitrogen and oxygen atoms in total. The monoisotopic (exact) mass is 277 g/mol.